The first-order valence-electron chi connectivity index (χ1n) is 6.18. The van der Waals surface area contributed by atoms with Gasteiger partial charge >= 0.3 is 5.97 Å². The number of hydrogen-bond donors (Lipinski definition) is 1. The van der Waals surface area contributed by atoms with Crippen molar-refractivity contribution in [3.05, 3.63) is 29.8 Å². The average molecular weight is 266 g/mol. The van der Waals surface area contributed by atoms with Crippen LogP contribution in [0, 0.1) is 5.92 Å². The lowest BCUT2D eigenvalue weighted by molar-refractivity contribution is -0.141. The summed E-state index contributed by atoms with van der Waals surface area (Å²) in [5, 5.41) is 9.39. The van der Waals surface area contributed by atoms with Gasteiger partial charge in [0.2, 0.25) is 0 Å². The molecule has 0 bridgehead atoms. The van der Waals surface area contributed by atoms with E-state index in [4.69, 9.17) is 9.84 Å². The molecule has 1 saturated carbocycles. The first kappa shape index (κ1) is 13.3. The molecule has 0 radical (unpaired) electrons. The molecule has 1 N–H and O–H groups in total. The van der Waals surface area contributed by atoms with Crippen molar-refractivity contribution in [3.8, 4) is 5.75 Å². The molecular weight excluding hydrogens is 248 g/mol. The summed E-state index contributed by atoms with van der Waals surface area (Å²) in [4.78, 5) is 11.1. The molecule has 0 aliphatic heterocycles. The molecule has 18 heavy (non-hydrogen) atoms. The van der Waals surface area contributed by atoms with Gasteiger partial charge in [0.15, 0.2) is 0 Å². The van der Waals surface area contributed by atoms with E-state index in [-0.39, 0.29) is 11.2 Å². The summed E-state index contributed by atoms with van der Waals surface area (Å²) in [5.41, 5.74) is 1.22. The summed E-state index contributed by atoms with van der Waals surface area (Å²) in [6.07, 6.45) is 2.89. The van der Waals surface area contributed by atoms with Crippen molar-refractivity contribution in [2.45, 2.75) is 30.3 Å². The van der Waals surface area contributed by atoms with Gasteiger partial charge in [0.25, 0.3) is 0 Å². The Morgan fingerprint density at radius 2 is 2.11 bits per heavy atom. The van der Waals surface area contributed by atoms with Crippen molar-refractivity contribution in [2.24, 2.45) is 5.92 Å². The quantitative estimate of drug-likeness (QED) is 0.889. The van der Waals surface area contributed by atoms with E-state index in [9.17, 15) is 4.79 Å². The molecule has 4 heteroatoms. The maximum Gasteiger partial charge on any atom is 0.307 e. The van der Waals surface area contributed by atoms with Gasteiger partial charge in [0, 0.05) is 11.0 Å². The van der Waals surface area contributed by atoms with E-state index in [0.29, 0.717) is 0 Å². The third-order valence-electron chi connectivity index (χ3n) is 3.39. The van der Waals surface area contributed by atoms with Crippen LogP contribution in [0.3, 0.4) is 0 Å². The number of carboxylic acid groups (broad SMARTS) is 1. The van der Waals surface area contributed by atoms with Crippen LogP contribution in [0.2, 0.25) is 0 Å². The Balaban J connectivity index is 1.88. The number of methoxy groups -OCH3 is 1. The summed E-state index contributed by atoms with van der Waals surface area (Å²) in [7, 11) is 1.65. The number of ether oxygens (including phenoxy) is 1. The number of thioether (sulfide) groups is 1. The molecule has 0 heterocycles. The fraction of sp³-hybridized carbons (Fsp3) is 0.500. The van der Waals surface area contributed by atoms with Crippen LogP contribution >= 0.6 is 11.8 Å². The molecule has 3 nitrogen and oxygen atoms in total. The van der Waals surface area contributed by atoms with Crippen molar-refractivity contribution in [1.82, 2.24) is 0 Å². The van der Waals surface area contributed by atoms with E-state index in [1.807, 2.05) is 24.3 Å². The predicted octanol–water partition coefficient (Wildman–Crippen LogP) is 3.18. The molecule has 2 atom stereocenters. The van der Waals surface area contributed by atoms with Crippen LogP contribution in [-0.4, -0.2) is 23.4 Å². The molecule has 2 rings (SSSR count). The van der Waals surface area contributed by atoms with Crippen LogP contribution in [0.1, 0.15) is 24.8 Å². The Kier molecular flexibility index (Phi) is 4.53. The highest BCUT2D eigenvalue weighted by Crippen LogP contribution is 2.36. The van der Waals surface area contributed by atoms with Crippen LogP contribution in [0.5, 0.6) is 5.75 Å². The van der Waals surface area contributed by atoms with Crippen molar-refractivity contribution in [1.29, 1.82) is 0 Å². The molecule has 98 valence electrons. The van der Waals surface area contributed by atoms with Crippen LogP contribution in [0.15, 0.2) is 24.3 Å². The Morgan fingerprint density at radius 3 is 2.72 bits per heavy atom. The zero-order chi connectivity index (χ0) is 13.0. The summed E-state index contributed by atoms with van der Waals surface area (Å²) >= 11 is 1.77. The summed E-state index contributed by atoms with van der Waals surface area (Å²) in [6, 6.07) is 7.96. The van der Waals surface area contributed by atoms with E-state index in [0.717, 1.165) is 30.8 Å². The van der Waals surface area contributed by atoms with Gasteiger partial charge in [0.1, 0.15) is 5.75 Å². The van der Waals surface area contributed by atoms with Crippen molar-refractivity contribution >= 4 is 17.7 Å². The maximum atomic E-state index is 11.1. The van der Waals surface area contributed by atoms with E-state index >= 15 is 0 Å². The highest BCUT2D eigenvalue weighted by Gasteiger charge is 2.32. The van der Waals surface area contributed by atoms with Crippen LogP contribution in [0.25, 0.3) is 0 Å². The molecule has 1 fully saturated rings. The smallest absolute Gasteiger partial charge is 0.307 e. The molecule has 1 aromatic rings. The van der Waals surface area contributed by atoms with Crippen LogP contribution in [-0.2, 0) is 10.5 Å². The number of rotatable bonds is 5. The minimum Gasteiger partial charge on any atom is -0.497 e. The monoisotopic (exact) mass is 266 g/mol. The Hall–Kier alpha value is -1.16. The SMILES string of the molecule is COc1ccc(CSC2CCCC2C(=O)O)cc1. The molecule has 1 aromatic carbocycles. The normalized spacial score (nSPS) is 22.9. The highest BCUT2D eigenvalue weighted by atomic mass is 32.2. The van der Waals surface area contributed by atoms with E-state index in [1.54, 1.807) is 18.9 Å². The van der Waals surface area contributed by atoms with Crippen molar-refractivity contribution in [2.75, 3.05) is 7.11 Å². The lowest BCUT2D eigenvalue weighted by Crippen LogP contribution is -2.20. The van der Waals surface area contributed by atoms with Gasteiger partial charge < -0.3 is 9.84 Å². The van der Waals surface area contributed by atoms with Crippen LogP contribution < -0.4 is 4.74 Å². The Bertz CT molecular complexity index is 402. The number of aliphatic carboxylic acids is 1. The van der Waals surface area contributed by atoms with E-state index in [1.165, 1.54) is 5.56 Å². The maximum absolute atomic E-state index is 11.1. The van der Waals surface area contributed by atoms with Gasteiger partial charge in [-0.25, -0.2) is 0 Å². The fourth-order valence-corrected chi connectivity index (χ4v) is 3.75. The lowest BCUT2D eigenvalue weighted by atomic mass is 10.1. The van der Waals surface area contributed by atoms with Gasteiger partial charge in [-0.3, -0.25) is 4.79 Å². The third-order valence-corrected chi connectivity index (χ3v) is 4.89. The largest absolute Gasteiger partial charge is 0.497 e. The number of hydrogen-bond acceptors (Lipinski definition) is 3. The molecule has 0 amide bonds. The third kappa shape index (κ3) is 3.19. The van der Waals surface area contributed by atoms with Crippen LogP contribution in [0.4, 0.5) is 0 Å². The summed E-state index contributed by atoms with van der Waals surface area (Å²) in [6.45, 7) is 0. The fourth-order valence-electron chi connectivity index (χ4n) is 2.33. The van der Waals surface area contributed by atoms with Crippen molar-refractivity contribution < 1.29 is 14.6 Å². The van der Waals surface area contributed by atoms with E-state index < -0.39 is 5.97 Å². The lowest BCUT2D eigenvalue weighted by Gasteiger charge is -2.15. The van der Waals surface area contributed by atoms with Gasteiger partial charge in [-0.1, -0.05) is 18.6 Å². The predicted molar refractivity (Wildman–Crippen MR) is 73.1 cm³/mol. The summed E-state index contributed by atoms with van der Waals surface area (Å²) in [5.74, 6) is 0.930. The van der Waals surface area contributed by atoms with Gasteiger partial charge in [-0.15, -0.1) is 0 Å². The Labute approximate surface area is 112 Å². The molecule has 1 aliphatic rings. The zero-order valence-corrected chi connectivity index (χ0v) is 11.3. The topological polar surface area (TPSA) is 46.5 Å². The molecule has 0 aromatic heterocycles. The Morgan fingerprint density at radius 1 is 1.39 bits per heavy atom. The average Bonchev–Trinajstić information content (AvgIpc) is 2.85. The summed E-state index contributed by atoms with van der Waals surface area (Å²) < 4.78 is 5.11. The first-order valence-corrected chi connectivity index (χ1v) is 7.23. The molecule has 0 spiro atoms. The highest BCUT2D eigenvalue weighted by molar-refractivity contribution is 7.99. The minimum atomic E-state index is -0.639. The number of carbonyl (C=O) groups is 1. The zero-order valence-electron chi connectivity index (χ0n) is 10.5. The standard InChI is InChI=1S/C14H18O3S/c1-17-11-7-5-10(6-8-11)9-18-13-4-2-3-12(13)14(15)16/h5-8,12-13H,2-4,9H2,1H3,(H,15,16). The second kappa shape index (κ2) is 6.14. The first-order chi connectivity index (χ1) is 8.70. The van der Waals surface area contributed by atoms with Gasteiger partial charge in [-0.05, 0) is 30.5 Å². The second-order valence-corrected chi connectivity index (χ2v) is 5.80. The molecular formula is C14H18O3S. The van der Waals surface area contributed by atoms with Gasteiger partial charge in [-0.2, -0.15) is 11.8 Å². The van der Waals surface area contributed by atoms with Gasteiger partial charge in [0.05, 0.1) is 13.0 Å². The second-order valence-electron chi connectivity index (χ2n) is 4.57. The number of benzene rings is 1. The van der Waals surface area contributed by atoms with Crippen molar-refractivity contribution in [3.63, 3.8) is 0 Å². The van der Waals surface area contributed by atoms with E-state index in [2.05, 4.69) is 0 Å². The minimum absolute atomic E-state index is 0.159. The number of carboxylic acids is 1. The molecule has 0 saturated heterocycles. The molecule has 1 aliphatic carbocycles. The molecule has 2 unspecified atom stereocenters.